The zero-order valence-corrected chi connectivity index (χ0v) is 35.8. The van der Waals surface area contributed by atoms with Crippen molar-refractivity contribution in [2.45, 2.75) is 152 Å². The Bertz CT molecular complexity index is 1920. The van der Waals surface area contributed by atoms with Gasteiger partial charge >= 0.3 is 24.0 Å². The number of alkyl carbamates (subject to hydrolysis) is 1. The number of esters is 3. The Morgan fingerprint density at radius 1 is 1.11 bits per heavy atom. The number of carbonyl (C=O) groups excluding carboxylic acids is 4. The molecular weight excluding hydrogens is 799 g/mol. The second-order valence-corrected chi connectivity index (χ2v) is 18.6. The van der Waals surface area contributed by atoms with E-state index >= 15 is 4.39 Å². The third-order valence-corrected chi connectivity index (χ3v) is 13.5. The van der Waals surface area contributed by atoms with Crippen LogP contribution in [0.25, 0.3) is 0 Å². The van der Waals surface area contributed by atoms with Gasteiger partial charge in [-0.15, -0.1) is 0 Å². The Kier molecular flexibility index (Phi) is 12.3. The fraction of sp³-hybridized carbons (Fsp3) is 0.682. The third-order valence-electron chi connectivity index (χ3n) is 13.5. The van der Waals surface area contributed by atoms with Crippen LogP contribution < -0.4 is 5.32 Å². The van der Waals surface area contributed by atoms with Gasteiger partial charge in [0.25, 0.3) is 0 Å². The Labute approximate surface area is 354 Å². The quantitative estimate of drug-likeness (QED) is 0.186. The van der Waals surface area contributed by atoms with Crippen molar-refractivity contribution >= 4 is 24.0 Å². The summed E-state index contributed by atoms with van der Waals surface area (Å²) in [6, 6.07) is 6.28. The van der Waals surface area contributed by atoms with E-state index in [1.807, 2.05) is 11.8 Å². The van der Waals surface area contributed by atoms with Gasteiger partial charge in [0, 0.05) is 37.9 Å². The van der Waals surface area contributed by atoms with Gasteiger partial charge in [-0.1, -0.05) is 31.7 Å². The van der Waals surface area contributed by atoms with E-state index in [0.717, 1.165) is 13.3 Å². The number of ether oxygens (including phenoxy) is 7. The maximum absolute atomic E-state index is 15.0. The lowest BCUT2D eigenvalue weighted by atomic mass is 9.48. The van der Waals surface area contributed by atoms with Crippen molar-refractivity contribution in [3.05, 3.63) is 59.2 Å². The summed E-state index contributed by atoms with van der Waals surface area (Å²) in [4.78, 5) is 56.0. The van der Waals surface area contributed by atoms with Crippen LogP contribution in [-0.2, 0) is 42.7 Å². The molecule has 17 heteroatoms. The minimum absolute atomic E-state index is 0.0531. The molecule has 1 aromatic rings. The van der Waals surface area contributed by atoms with Gasteiger partial charge in [-0.3, -0.25) is 9.69 Å². The molecule has 336 valence electrons. The number of hydrogen-bond donors (Lipinski definition) is 4. The SMILES string of the molecule is C=C1C2=C(C)[C@@H](OC(=O)[C@H](O)[C@@H](NC(=O)OC(C)(C)C)[C@H](C)F)C[C@@]1(O)[C@@H](OC(=O)c1ccccc1)[C@H]1[C@@](C)(CC[C@H]3OC[C@]31OC(C)=O)[C@@H]1O[C@H](CN3CC[C@H]3CO)O[C@H]21. The van der Waals surface area contributed by atoms with E-state index in [1.165, 1.54) is 6.92 Å². The minimum Gasteiger partial charge on any atom is -0.456 e. The average molecular weight is 859 g/mol. The van der Waals surface area contributed by atoms with Crippen LogP contribution in [0.4, 0.5) is 9.18 Å². The summed E-state index contributed by atoms with van der Waals surface area (Å²) in [5.74, 6) is -3.78. The highest BCUT2D eigenvalue weighted by atomic mass is 19.1. The maximum Gasteiger partial charge on any atom is 0.408 e. The second-order valence-electron chi connectivity index (χ2n) is 18.6. The summed E-state index contributed by atoms with van der Waals surface area (Å²) in [6.45, 7) is 16.0. The second kappa shape index (κ2) is 16.6. The Balaban J connectivity index is 1.34. The normalized spacial score (nSPS) is 37.1. The third kappa shape index (κ3) is 8.11. The van der Waals surface area contributed by atoms with Gasteiger partial charge in [-0.05, 0) is 82.7 Å². The molecule has 3 heterocycles. The van der Waals surface area contributed by atoms with Crippen molar-refractivity contribution in [2.75, 3.05) is 26.3 Å². The number of fused-ring (bicyclic) bond motifs is 8. The van der Waals surface area contributed by atoms with Gasteiger partial charge in [-0.2, -0.15) is 0 Å². The molecule has 0 radical (unpaired) electrons. The van der Waals surface area contributed by atoms with Crippen LogP contribution in [0.15, 0.2) is 53.6 Å². The largest absolute Gasteiger partial charge is 0.456 e. The van der Waals surface area contributed by atoms with Crippen LogP contribution in [-0.4, -0.2) is 148 Å². The maximum atomic E-state index is 15.0. The summed E-state index contributed by atoms with van der Waals surface area (Å²) < 4.78 is 58.8. The zero-order valence-electron chi connectivity index (χ0n) is 35.8. The van der Waals surface area contributed by atoms with Crippen LogP contribution in [0, 0.1) is 11.3 Å². The van der Waals surface area contributed by atoms with E-state index in [2.05, 4.69) is 11.9 Å². The molecule has 61 heavy (non-hydrogen) atoms. The molecule has 4 N–H and O–H groups in total. The summed E-state index contributed by atoms with van der Waals surface area (Å²) in [7, 11) is 0. The molecule has 2 saturated carbocycles. The van der Waals surface area contributed by atoms with Crippen molar-refractivity contribution in [3.63, 3.8) is 0 Å². The van der Waals surface area contributed by atoms with E-state index in [9.17, 15) is 34.5 Å². The highest BCUT2D eigenvalue weighted by Crippen LogP contribution is 2.64. The van der Waals surface area contributed by atoms with E-state index in [0.29, 0.717) is 30.5 Å². The van der Waals surface area contributed by atoms with Gasteiger partial charge in [0.1, 0.15) is 41.8 Å². The molecule has 14 atom stereocenters. The topological polar surface area (TPSA) is 209 Å². The van der Waals surface area contributed by atoms with Crippen LogP contribution >= 0.6 is 0 Å². The number of hydrogen-bond acceptors (Lipinski definition) is 15. The molecule has 16 nitrogen and oxygen atoms in total. The number of nitrogens with zero attached hydrogens (tertiary/aromatic N) is 1. The highest BCUT2D eigenvalue weighted by molar-refractivity contribution is 5.89. The molecule has 5 fully saturated rings. The number of amides is 1. The number of nitrogens with one attached hydrogen (secondary N) is 1. The lowest BCUT2D eigenvalue weighted by Gasteiger charge is -2.66. The number of carbonyl (C=O) groups is 4. The predicted octanol–water partition coefficient (Wildman–Crippen LogP) is 3.05. The van der Waals surface area contributed by atoms with E-state index in [-0.39, 0.29) is 36.9 Å². The molecule has 3 saturated heterocycles. The van der Waals surface area contributed by atoms with Crippen LogP contribution in [0.5, 0.6) is 0 Å². The fourth-order valence-electron chi connectivity index (χ4n) is 10.4. The highest BCUT2D eigenvalue weighted by Gasteiger charge is 2.75. The summed E-state index contributed by atoms with van der Waals surface area (Å²) in [6.07, 6.45) is -10.4. The van der Waals surface area contributed by atoms with Crippen molar-refractivity contribution in [2.24, 2.45) is 11.3 Å². The van der Waals surface area contributed by atoms with Crippen LogP contribution in [0.2, 0.25) is 0 Å². The van der Waals surface area contributed by atoms with Gasteiger partial charge in [-0.25, -0.2) is 18.8 Å². The molecule has 2 bridgehead atoms. The Morgan fingerprint density at radius 2 is 1.82 bits per heavy atom. The lowest BCUT2D eigenvalue weighted by molar-refractivity contribution is -0.337. The molecule has 0 aromatic heterocycles. The van der Waals surface area contributed by atoms with Crippen molar-refractivity contribution in [1.82, 2.24) is 10.2 Å². The molecule has 3 aliphatic heterocycles. The van der Waals surface area contributed by atoms with E-state index in [4.69, 9.17) is 33.2 Å². The molecule has 0 unspecified atom stereocenters. The van der Waals surface area contributed by atoms with Crippen LogP contribution in [0.3, 0.4) is 0 Å². The number of rotatable bonds is 11. The first kappa shape index (κ1) is 45.1. The Morgan fingerprint density at radius 3 is 2.39 bits per heavy atom. The van der Waals surface area contributed by atoms with Gasteiger partial charge < -0.3 is 53.8 Å². The lowest BCUT2D eigenvalue weighted by Crippen LogP contribution is -2.78. The number of aliphatic hydroxyl groups excluding tert-OH is 2. The standard InChI is InChI=1S/C44H59FN2O14/c1-22-28(56-39(52)33(50)32(24(3)45)46-40(53)61-41(5,6)7)18-43(54)23(2)31(22)34-36(58-30(57-34)19-47-17-15-27(47)20-48)42(8)16-14-29-44(21-55-29,60-25(4)49)35(42)37(43)59-38(51)26-12-10-9-11-13-26/h9-13,24,27-30,32-37,48,50,54H,2,14-21H2,1,3-8H3,(H,46,53)/t24-,27-,28-,29+,30+,32-,33+,34+,35-,36+,37-,42+,43-,44-/m0/s1. The first-order chi connectivity index (χ1) is 28.6. The number of likely N-dealkylation sites (tertiary alicyclic amines) is 1. The molecule has 3 aliphatic carbocycles. The van der Waals surface area contributed by atoms with Crippen molar-refractivity contribution in [3.8, 4) is 0 Å². The molecule has 1 amide bonds. The predicted molar refractivity (Wildman–Crippen MR) is 212 cm³/mol. The smallest absolute Gasteiger partial charge is 0.408 e. The van der Waals surface area contributed by atoms with Gasteiger partial charge in [0.15, 0.2) is 18.0 Å². The molecule has 1 aromatic carbocycles. The first-order valence-corrected chi connectivity index (χ1v) is 21.0. The average Bonchev–Trinajstić information content (AvgIpc) is 3.59. The number of benzene rings is 1. The monoisotopic (exact) mass is 858 g/mol. The van der Waals surface area contributed by atoms with Gasteiger partial charge in [0.05, 0.1) is 36.8 Å². The minimum atomic E-state index is -2.26. The number of alkyl halides is 1. The molecule has 7 rings (SSSR count). The summed E-state index contributed by atoms with van der Waals surface area (Å²) >= 11 is 0. The number of aliphatic hydroxyl groups is 3. The zero-order chi connectivity index (χ0) is 44.4. The van der Waals surface area contributed by atoms with Crippen molar-refractivity contribution < 1.29 is 72.0 Å². The van der Waals surface area contributed by atoms with Crippen molar-refractivity contribution in [1.29, 1.82) is 0 Å². The van der Waals surface area contributed by atoms with Gasteiger partial charge in [0.2, 0.25) is 0 Å². The van der Waals surface area contributed by atoms with E-state index < -0.39 is 114 Å². The summed E-state index contributed by atoms with van der Waals surface area (Å²) in [5.41, 5.74) is -4.76. The molecule has 6 aliphatic rings. The molecule has 0 spiro atoms. The Hall–Kier alpha value is -3.97. The fourth-order valence-corrected chi connectivity index (χ4v) is 10.4. The first-order valence-electron chi connectivity index (χ1n) is 21.0. The summed E-state index contributed by atoms with van der Waals surface area (Å²) in [5, 5.41) is 36.9. The molecular formula is C44H59FN2O14. The van der Waals surface area contributed by atoms with Crippen LogP contribution in [0.1, 0.15) is 84.5 Å². The number of halogens is 1. The van der Waals surface area contributed by atoms with E-state index in [1.54, 1.807) is 58.0 Å².